The van der Waals surface area contributed by atoms with Crippen LogP contribution in [0.5, 0.6) is 0 Å². The topological polar surface area (TPSA) is 35.6 Å². The van der Waals surface area contributed by atoms with Crippen molar-refractivity contribution >= 4 is 17.8 Å². The summed E-state index contributed by atoms with van der Waals surface area (Å²) >= 11 is 1.90. The van der Waals surface area contributed by atoms with Gasteiger partial charge in [0.25, 0.3) is 0 Å². The third-order valence-corrected chi connectivity index (χ3v) is 5.57. The molecule has 0 bridgehead atoms. The highest BCUT2D eigenvalue weighted by molar-refractivity contribution is 8.00. The van der Waals surface area contributed by atoms with E-state index in [-0.39, 0.29) is 11.9 Å². The van der Waals surface area contributed by atoms with Crippen molar-refractivity contribution < 1.29 is 18.0 Å². The Kier molecular flexibility index (Phi) is 6.26. The summed E-state index contributed by atoms with van der Waals surface area (Å²) in [6.45, 7) is 4.11. The van der Waals surface area contributed by atoms with Gasteiger partial charge in [0.05, 0.1) is 6.54 Å². The molecule has 1 N–H and O–H groups in total. The molecule has 0 spiro atoms. The van der Waals surface area contributed by atoms with Gasteiger partial charge in [-0.25, -0.2) is 4.79 Å². The number of alkyl halides is 3. The van der Waals surface area contributed by atoms with Crippen LogP contribution in [0.1, 0.15) is 19.8 Å². The monoisotopic (exact) mass is 339 g/mol. The number of hydrogen-bond donors (Lipinski definition) is 1. The van der Waals surface area contributed by atoms with Gasteiger partial charge in [-0.1, -0.05) is 6.92 Å². The molecular formula is C14H24F3N3OS. The quantitative estimate of drug-likeness (QED) is 0.854. The van der Waals surface area contributed by atoms with Crippen molar-refractivity contribution in [1.29, 1.82) is 0 Å². The van der Waals surface area contributed by atoms with Gasteiger partial charge in [0, 0.05) is 37.2 Å². The van der Waals surface area contributed by atoms with Crippen LogP contribution in [0, 0.1) is 5.92 Å². The van der Waals surface area contributed by atoms with E-state index in [2.05, 4.69) is 12.2 Å². The molecule has 2 amide bonds. The second kappa shape index (κ2) is 7.77. The zero-order chi connectivity index (χ0) is 16.2. The molecule has 0 aromatic heterocycles. The number of rotatable bonds is 4. The van der Waals surface area contributed by atoms with Crippen LogP contribution in [0.4, 0.5) is 18.0 Å². The van der Waals surface area contributed by atoms with E-state index in [0.29, 0.717) is 31.3 Å². The molecule has 2 heterocycles. The summed E-state index contributed by atoms with van der Waals surface area (Å²) in [7, 11) is 0. The Balaban J connectivity index is 1.69. The lowest BCUT2D eigenvalue weighted by Crippen LogP contribution is -2.48. The van der Waals surface area contributed by atoms with Crippen LogP contribution in [-0.2, 0) is 0 Å². The average Bonchev–Trinajstić information content (AvgIpc) is 2.90. The van der Waals surface area contributed by atoms with E-state index in [4.69, 9.17) is 0 Å². The summed E-state index contributed by atoms with van der Waals surface area (Å²) in [6.07, 6.45) is -2.38. The van der Waals surface area contributed by atoms with Gasteiger partial charge in [-0.15, -0.1) is 0 Å². The highest BCUT2D eigenvalue weighted by Gasteiger charge is 2.34. The van der Waals surface area contributed by atoms with Crippen LogP contribution in [0.15, 0.2) is 0 Å². The number of nitrogens with one attached hydrogen (secondary N) is 1. The molecule has 4 nitrogen and oxygen atoms in total. The number of hydrogen-bond acceptors (Lipinski definition) is 3. The van der Waals surface area contributed by atoms with E-state index < -0.39 is 12.7 Å². The molecule has 2 saturated heterocycles. The Morgan fingerprint density at radius 1 is 1.32 bits per heavy atom. The van der Waals surface area contributed by atoms with E-state index in [0.717, 1.165) is 25.3 Å². The van der Waals surface area contributed by atoms with Crippen LogP contribution in [0.3, 0.4) is 0 Å². The van der Waals surface area contributed by atoms with Gasteiger partial charge in [0.15, 0.2) is 0 Å². The molecule has 2 aliphatic heterocycles. The van der Waals surface area contributed by atoms with Crippen LogP contribution in [0.2, 0.25) is 0 Å². The Hall–Kier alpha value is -0.630. The Morgan fingerprint density at radius 3 is 2.77 bits per heavy atom. The molecule has 2 atom stereocenters. The maximum absolute atomic E-state index is 12.3. The number of nitrogens with zero attached hydrogens (tertiary/aromatic N) is 2. The molecule has 0 radical (unpaired) electrons. The number of halogens is 3. The number of urea groups is 1. The van der Waals surface area contributed by atoms with Crippen molar-refractivity contribution in [2.45, 2.75) is 31.2 Å². The number of carbonyl (C=O) groups excluding carboxylic acids is 1. The lowest BCUT2D eigenvalue weighted by molar-refractivity contribution is -0.143. The summed E-state index contributed by atoms with van der Waals surface area (Å²) in [5, 5.41) is 3.39. The molecule has 0 aromatic rings. The molecule has 22 heavy (non-hydrogen) atoms. The van der Waals surface area contributed by atoms with Crippen molar-refractivity contribution in [3.63, 3.8) is 0 Å². The minimum absolute atomic E-state index is 0.0759. The predicted molar refractivity (Wildman–Crippen MR) is 82.1 cm³/mol. The predicted octanol–water partition coefficient (Wildman–Crippen LogP) is 2.41. The minimum Gasteiger partial charge on any atom is -0.338 e. The van der Waals surface area contributed by atoms with E-state index in [9.17, 15) is 18.0 Å². The van der Waals surface area contributed by atoms with Crippen LogP contribution in [0.25, 0.3) is 0 Å². The normalized spacial score (nSPS) is 27.2. The second-order valence-electron chi connectivity index (χ2n) is 6.04. The van der Waals surface area contributed by atoms with Gasteiger partial charge in [-0.2, -0.15) is 24.9 Å². The largest absolute Gasteiger partial charge is 0.401 e. The molecule has 0 unspecified atom stereocenters. The zero-order valence-corrected chi connectivity index (χ0v) is 13.7. The molecule has 2 fully saturated rings. The molecule has 128 valence electrons. The van der Waals surface area contributed by atoms with E-state index in [1.807, 2.05) is 16.7 Å². The van der Waals surface area contributed by atoms with Gasteiger partial charge in [-0.3, -0.25) is 4.90 Å². The Morgan fingerprint density at radius 2 is 2.09 bits per heavy atom. The molecule has 2 aliphatic rings. The van der Waals surface area contributed by atoms with Crippen molar-refractivity contribution in [1.82, 2.24) is 15.1 Å². The fraction of sp³-hybridized carbons (Fsp3) is 0.929. The molecule has 2 rings (SSSR count). The molecular weight excluding hydrogens is 315 g/mol. The maximum atomic E-state index is 12.3. The van der Waals surface area contributed by atoms with Crippen molar-refractivity contribution in [3.8, 4) is 0 Å². The highest BCUT2D eigenvalue weighted by atomic mass is 32.2. The first-order valence-electron chi connectivity index (χ1n) is 7.81. The number of amides is 2. The number of likely N-dealkylation sites (tertiary alicyclic amines) is 1. The van der Waals surface area contributed by atoms with Crippen molar-refractivity contribution in [2.24, 2.45) is 5.92 Å². The molecule has 0 aromatic carbocycles. The summed E-state index contributed by atoms with van der Waals surface area (Å²) < 4.78 is 37.0. The van der Waals surface area contributed by atoms with Gasteiger partial charge < -0.3 is 10.2 Å². The summed E-state index contributed by atoms with van der Waals surface area (Å²) in [5.74, 6) is 1.07. The fourth-order valence-electron chi connectivity index (χ4n) is 2.97. The fourth-order valence-corrected chi connectivity index (χ4v) is 4.15. The minimum atomic E-state index is -4.14. The lowest BCUT2D eigenvalue weighted by Gasteiger charge is -2.32. The van der Waals surface area contributed by atoms with Gasteiger partial charge in [0.2, 0.25) is 0 Å². The van der Waals surface area contributed by atoms with Crippen LogP contribution < -0.4 is 5.32 Å². The summed E-state index contributed by atoms with van der Waals surface area (Å²) in [5.41, 5.74) is 0. The number of carbonyl (C=O) groups is 1. The molecule has 8 heteroatoms. The first kappa shape index (κ1) is 17.7. The smallest absolute Gasteiger partial charge is 0.338 e. The third kappa shape index (κ3) is 5.53. The molecule has 0 saturated carbocycles. The van der Waals surface area contributed by atoms with Crippen molar-refractivity contribution in [3.05, 3.63) is 0 Å². The third-order valence-electron chi connectivity index (χ3n) is 4.20. The summed E-state index contributed by atoms with van der Waals surface area (Å²) in [6, 6.07) is -0.0759. The first-order valence-corrected chi connectivity index (χ1v) is 8.85. The van der Waals surface area contributed by atoms with Crippen LogP contribution >= 0.6 is 11.8 Å². The van der Waals surface area contributed by atoms with Crippen molar-refractivity contribution in [2.75, 3.05) is 45.0 Å². The number of thioether (sulfide) groups is 1. The molecule has 0 aliphatic carbocycles. The van der Waals surface area contributed by atoms with E-state index in [1.165, 1.54) is 4.90 Å². The standard InChI is InChI=1S/C14H24F3N3OS/c1-2-12-9-20(5-6-22-12)13(21)18-7-11-3-4-19(8-11)10-14(15,16)17/h11-12H,2-10H2,1H3,(H,18,21)/t11-,12+/m1/s1. The lowest BCUT2D eigenvalue weighted by atomic mass is 10.1. The van der Waals surface area contributed by atoms with Gasteiger partial charge >= 0.3 is 12.2 Å². The Labute approximate surface area is 133 Å². The summed E-state index contributed by atoms with van der Waals surface area (Å²) in [4.78, 5) is 15.4. The van der Waals surface area contributed by atoms with E-state index >= 15 is 0 Å². The average molecular weight is 339 g/mol. The highest BCUT2D eigenvalue weighted by Crippen LogP contribution is 2.23. The maximum Gasteiger partial charge on any atom is 0.401 e. The van der Waals surface area contributed by atoms with Crippen LogP contribution in [-0.4, -0.2) is 72.3 Å². The second-order valence-corrected chi connectivity index (χ2v) is 7.45. The Bertz CT molecular complexity index is 381. The SMILES string of the molecule is CC[C@H]1CN(C(=O)NC[C@H]2CCN(CC(F)(F)F)C2)CCS1. The van der Waals surface area contributed by atoms with Gasteiger partial charge in [0.1, 0.15) is 0 Å². The van der Waals surface area contributed by atoms with Gasteiger partial charge in [-0.05, 0) is 25.3 Å². The zero-order valence-electron chi connectivity index (χ0n) is 12.9. The first-order chi connectivity index (χ1) is 10.4. The van der Waals surface area contributed by atoms with E-state index in [1.54, 1.807) is 0 Å².